The quantitative estimate of drug-likeness (QED) is 0.600. The molecule has 0 spiro atoms. The van der Waals surface area contributed by atoms with Crippen LogP contribution in [0.4, 0.5) is 0 Å². The zero-order valence-electron chi connectivity index (χ0n) is 2.04. The third kappa shape index (κ3) is 31.8. The van der Waals surface area contributed by atoms with Gasteiger partial charge in [0.15, 0.2) is 0 Å². The lowest BCUT2D eigenvalue weighted by atomic mass is 11.7. The molecule has 0 aliphatic carbocycles. The topological polar surface area (TPSA) is 19.9 Å². The molecule has 0 aliphatic heterocycles. The summed E-state index contributed by atoms with van der Waals surface area (Å²) in [5.74, 6) is 0. The van der Waals surface area contributed by atoms with E-state index in [1.54, 1.807) is 0 Å². The van der Waals surface area contributed by atoms with E-state index in [-0.39, 0.29) is 0 Å². The monoisotopic (exact) mass is 265 g/mol. The lowest BCUT2D eigenvalue weighted by Crippen LogP contribution is -1.88. The van der Waals surface area contributed by atoms with Crippen LogP contribution in [0.3, 0.4) is 0 Å². The van der Waals surface area contributed by atoms with Gasteiger partial charge in [-0.1, -0.05) is 0 Å². The van der Waals surface area contributed by atoms with Gasteiger partial charge in [0.2, 0.25) is 0 Å². The first kappa shape index (κ1) is 6.40. The van der Waals surface area contributed by atoms with E-state index < -0.39 is 2.33 Å². The fourth-order valence-electron chi connectivity index (χ4n) is 0. The standard InChI is InChI=1S/CBr3O/c2-1(3,4)5. The largest absolute Gasteiger partial charge is 0.265 e. The van der Waals surface area contributed by atoms with Crippen LogP contribution < -0.4 is 0 Å². The Morgan fingerprint density at radius 1 is 1.20 bits per heavy atom. The summed E-state index contributed by atoms with van der Waals surface area (Å²) >= 11 is 7.96. The predicted octanol–water partition coefficient (Wildman–Crippen LogP) is 2.21. The first-order chi connectivity index (χ1) is 2.00. The van der Waals surface area contributed by atoms with E-state index in [1.807, 2.05) is 0 Å². The number of hydrogen-bond donors (Lipinski definition) is 0. The molecular formula is CBr3O. The summed E-state index contributed by atoms with van der Waals surface area (Å²) in [5.41, 5.74) is 0. The molecule has 1 radical (unpaired) electrons. The van der Waals surface area contributed by atoms with E-state index in [0.29, 0.717) is 0 Å². The van der Waals surface area contributed by atoms with E-state index in [0.717, 1.165) is 0 Å². The average molecular weight is 268 g/mol. The maximum absolute atomic E-state index is 9.85. The molecule has 0 atom stereocenters. The Bertz CT molecular complexity index is 22.4. The SMILES string of the molecule is [O]C(Br)(Br)Br. The number of halogens is 3. The fourth-order valence-corrected chi connectivity index (χ4v) is 0. The van der Waals surface area contributed by atoms with Crippen molar-refractivity contribution in [2.45, 2.75) is 2.33 Å². The molecule has 0 saturated carbocycles. The van der Waals surface area contributed by atoms with Crippen molar-refractivity contribution in [1.82, 2.24) is 0 Å². The highest BCUT2D eigenvalue weighted by Crippen LogP contribution is 2.29. The van der Waals surface area contributed by atoms with Crippen LogP contribution in [0.5, 0.6) is 0 Å². The molecule has 0 aromatic heterocycles. The van der Waals surface area contributed by atoms with E-state index in [4.69, 9.17) is 0 Å². The van der Waals surface area contributed by atoms with Crippen molar-refractivity contribution in [2.75, 3.05) is 0 Å². The summed E-state index contributed by atoms with van der Waals surface area (Å²) in [7, 11) is 0. The molecule has 0 aromatic carbocycles. The molecule has 0 N–H and O–H groups in total. The van der Waals surface area contributed by atoms with Gasteiger partial charge in [0.05, 0.1) is 0 Å². The Balaban J connectivity index is 3.02. The Morgan fingerprint density at radius 2 is 1.20 bits per heavy atom. The van der Waals surface area contributed by atoms with Gasteiger partial charge in [-0.2, -0.15) is 5.11 Å². The molecule has 0 bridgehead atoms. The van der Waals surface area contributed by atoms with Crippen LogP contribution in [0.15, 0.2) is 0 Å². The number of hydrogen-bond acceptors (Lipinski definition) is 0. The summed E-state index contributed by atoms with van der Waals surface area (Å²) in [6, 6.07) is 0. The fraction of sp³-hybridized carbons (Fsp3) is 1.00. The Kier molecular flexibility index (Phi) is 2.44. The third-order valence-electron chi connectivity index (χ3n) is 0. The number of alkyl halides is 3. The lowest BCUT2D eigenvalue weighted by molar-refractivity contribution is 0.224. The highest BCUT2D eigenvalue weighted by molar-refractivity contribution is 9.39. The van der Waals surface area contributed by atoms with Crippen molar-refractivity contribution in [3.05, 3.63) is 0 Å². The molecule has 1 nitrogen and oxygen atoms in total. The van der Waals surface area contributed by atoms with Crippen molar-refractivity contribution in [3.8, 4) is 0 Å². The van der Waals surface area contributed by atoms with E-state index >= 15 is 0 Å². The van der Waals surface area contributed by atoms with Crippen molar-refractivity contribution in [3.63, 3.8) is 0 Å². The van der Waals surface area contributed by atoms with E-state index in [1.165, 1.54) is 0 Å². The first-order valence-electron chi connectivity index (χ1n) is 0.771. The summed E-state index contributed by atoms with van der Waals surface area (Å²) < 4.78 is -1.31. The molecular weight excluding hydrogens is 268 g/mol. The van der Waals surface area contributed by atoms with Crippen molar-refractivity contribution in [2.24, 2.45) is 0 Å². The average Bonchev–Trinajstić information content (AvgIpc) is 0.722. The lowest BCUT2D eigenvalue weighted by Gasteiger charge is -1.91. The van der Waals surface area contributed by atoms with Gasteiger partial charge in [0.1, 0.15) is 0 Å². The molecule has 0 saturated heterocycles. The van der Waals surface area contributed by atoms with Crippen LogP contribution >= 0.6 is 47.8 Å². The Morgan fingerprint density at radius 3 is 1.20 bits per heavy atom. The van der Waals surface area contributed by atoms with Crippen molar-refractivity contribution >= 4 is 47.8 Å². The van der Waals surface area contributed by atoms with Crippen LogP contribution in [-0.4, -0.2) is 2.33 Å². The van der Waals surface area contributed by atoms with Crippen LogP contribution in [0.1, 0.15) is 0 Å². The Hall–Kier alpha value is 1.40. The normalized spacial score (nSPS) is 12.0. The molecule has 0 unspecified atom stereocenters. The van der Waals surface area contributed by atoms with E-state index in [9.17, 15) is 5.11 Å². The Labute approximate surface area is 55.1 Å². The second-order valence-electron chi connectivity index (χ2n) is 0.446. The summed E-state index contributed by atoms with van der Waals surface area (Å²) in [6.07, 6.45) is 0. The van der Waals surface area contributed by atoms with E-state index in [2.05, 4.69) is 47.8 Å². The van der Waals surface area contributed by atoms with Gasteiger partial charge >= 0.3 is 0 Å². The zero-order chi connectivity index (χ0) is 4.50. The zero-order valence-corrected chi connectivity index (χ0v) is 6.80. The van der Waals surface area contributed by atoms with Gasteiger partial charge in [-0.3, -0.25) is 0 Å². The minimum absolute atomic E-state index is 1.31. The number of rotatable bonds is 0. The molecule has 0 fully saturated rings. The highest BCUT2D eigenvalue weighted by atomic mass is 80.0. The molecule has 31 valence electrons. The molecule has 0 amide bonds. The molecule has 0 rings (SSSR count). The summed E-state index contributed by atoms with van der Waals surface area (Å²) in [5, 5.41) is 9.85. The maximum atomic E-state index is 9.85. The molecule has 0 aromatic rings. The van der Waals surface area contributed by atoms with Crippen LogP contribution in [-0.2, 0) is 5.11 Å². The van der Waals surface area contributed by atoms with Gasteiger partial charge in [-0.15, -0.1) is 0 Å². The van der Waals surface area contributed by atoms with Crippen LogP contribution in [0.25, 0.3) is 0 Å². The molecule has 0 heterocycles. The van der Waals surface area contributed by atoms with Gasteiger partial charge in [-0.25, -0.2) is 0 Å². The molecule has 0 aliphatic rings. The van der Waals surface area contributed by atoms with Crippen LogP contribution in [0, 0.1) is 0 Å². The third-order valence-corrected chi connectivity index (χ3v) is 0. The minimum Gasteiger partial charge on any atom is -0.191 e. The first-order valence-corrected chi connectivity index (χ1v) is 3.15. The maximum Gasteiger partial charge on any atom is 0.265 e. The molecule has 4 heteroatoms. The van der Waals surface area contributed by atoms with Gasteiger partial charge in [0, 0.05) is 0 Å². The van der Waals surface area contributed by atoms with Gasteiger partial charge in [0.25, 0.3) is 2.33 Å². The van der Waals surface area contributed by atoms with Crippen LogP contribution in [0.2, 0.25) is 0 Å². The second-order valence-corrected chi connectivity index (χ2v) is 6.99. The summed E-state index contributed by atoms with van der Waals surface area (Å²) in [4.78, 5) is 0. The van der Waals surface area contributed by atoms with Crippen molar-refractivity contribution in [1.29, 1.82) is 0 Å². The van der Waals surface area contributed by atoms with Gasteiger partial charge in [-0.05, 0) is 47.8 Å². The van der Waals surface area contributed by atoms with Crippen molar-refractivity contribution < 1.29 is 5.11 Å². The highest BCUT2D eigenvalue weighted by Gasteiger charge is 2.11. The van der Waals surface area contributed by atoms with Gasteiger partial charge < -0.3 is 0 Å². The summed E-state index contributed by atoms with van der Waals surface area (Å²) in [6.45, 7) is 0. The predicted molar refractivity (Wildman–Crippen MR) is 30.2 cm³/mol. The minimum atomic E-state index is -1.31. The molecule has 5 heavy (non-hydrogen) atoms. The second kappa shape index (κ2) is 1.91. The smallest absolute Gasteiger partial charge is 0.191 e.